The van der Waals surface area contributed by atoms with Gasteiger partial charge in [-0.25, -0.2) is 9.90 Å². The minimum absolute atomic E-state index is 0.532. The smallest absolute Gasteiger partial charge is 0.246 e. The van der Waals surface area contributed by atoms with E-state index in [0.717, 1.165) is 25.7 Å². The minimum atomic E-state index is -1.15. The highest BCUT2D eigenvalue weighted by atomic mass is 35.5. The van der Waals surface area contributed by atoms with Crippen molar-refractivity contribution in [1.29, 1.82) is 0 Å². The number of hydrogen-bond acceptors (Lipinski definition) is 1. The zero-order chi connectivity index (χ0) is 8.69. The second kappa shape index (κ2) is 6.47. The molecule has 0 aromatic carbocycles. The number of rotatable bonds is 6. The molecule has 0 aliphatic rings. The lowest BCUT2D eigenvalue weighted by Gasteiger charge is -2.00. The van der Waals surface area contributed by atoms with Crippen molar-refractivity contribution in [2.24, 2.45) is 0 Å². The molecule has 0 aliphatic heterocycles. The number of halogens is 1. The third-order valence-corrected chi connectivity index (χ3v) is 1.96. The summed E-state index contributed by atoms with van der Waals surface area (Å²) in [6.45, 7) is 2.11. The Kier molecular flexibility index (Phi) is 6.33. The van der Waals surface area contributed by atoms with Crippen molar-refractivity contribution in [3.63, 3.8) is 0 Å². The van der Waals surface area contributed by atoms with Crippen LogP contribution in [0.5, 0.6) is 0 Å². The van der Waals surface area contributed by atoms with Crippen LogP contribution in [0.3, 0.4) is 0 Å². The zero-order valence-electron chi connectivity index (χ0n) is 6.81. The molecule has 1 atom stereocenters. The molecule has 0 aromatic rings. The molecule has 0 heterocycles. The van der Waals surface area contributed by atoms with Gasteiger partial charge in [-0.3, -0.25) is 0 Å². The molecule has 0 spiro atoms. The van der Waals surface area contributed by atoms with E-state index < -0.39 is 11.3 Å². The first kappa shape index (κ1) is 10.8. The largest absolute Gasteiger partial charge is 0.373 e. The second-order valence-corrected chi connectivity index (χ2v) is 3.16. The maximum absolute atomic E-state index is 10.1. The van der Waals surface area contributed by atoms with Gasteiger partial charge in [-0.05, 0) is 6.42 Å². The van der Waals surface area contributed by atoms with E-state index in [1.54, 1.807) is 0 Å². The highest BCUT2D eigenvalue weighted by Gasteiger charge is 2.14. The first-order valence-electron chi connectivity index (χ1n) is 4.03. The molecule has 0 rings (SSSR count). The van der Waals surface area contributed by atoms with Gasteiger partial charge < -0.3 is 0 Å². The van der Waals surface area contributed by atoms with Crippen LogP contribution in [-0.4, -0.2) is 11.3 Å². The number of carbonyl (C=O) groups excluding carboxylic acids is 1. The third-order valence-electron chi connectivity index (χ3n) is 1.57. The lowest BCUT2D eigenvalue weighted by Crippen LogP contribution is -2.11. The summed E-state index contributed by atoms with van der Waals surface area (Å²) >= 11 is 5.43. The maximum Gasteiger partial charge on any atom is 0.373 e. The molecule has 0 saturated carbocycles. The molecule has 0 bridgehead atoms. The number of hydrogen-bond donors (Lipinski definition) is 0. The SMILES string of the molecule is CCCCCCC(Cl)C([O])=O. The molecule has 0 amide bonds. The van der Waals surface area contributed by atoms with E-state index in [1.165, 1.54) is 0 Å². The van der Waals surface area contributed by atoms with Crippen molar-refractivity contribution in [2.75, 3.05) is 0 Å². The molecule has 0 aromatic heterocycles. The van der Waals surface area contributed by atoms with E-state index in [2.05, 4.69) is 6.92 Å². The summed E-state index contributed by atoms with van der Waals surface area (Å²) in [5.41, 5.74) is 0. The predicted octanol–water partition coefficient (Wildman–Crippen LogP) is 2.52. The molecular weight excluding hydrogens is 164 g/mol. The molecule has 0 saturated heterocycles. The first-order valence-corrected chi connectivity index (χ1v) is 4.47. The van der Waals surface area contributed by atoms with Gasteiger partial charge in [0.25, 0.3) is 0 Å². The Morgan fingerprint density at radius 1 is 1.36 bits per heavy atom. The van der Waals surface area contributed by atoms with Crippen molar-refractivity contribution in [3.05, 3.63) is 0 Å². The molecule has 3 heteroatoms. The standard InChI is InChI=1S/C8H14ClO2/c1-2-3-4-5-6-7(9)8(10)11/h7H,2-6H2,1H3. The summed E-state index contributed by atoms with van der Waals surface area (Å²) in [6.07, 6.45) is 4.78. The van der Waals surface area contributed by atoms with Gasteiger partial charge in [0.15, 0.2) is 0 Å². The summed E-state index contributed by atoms with van der Waals surface area (Å²) in [4.78, 5) is 10.1. The van der Waals surface area contributed by atoms with Crippen LogP contribution in [-0.2, 0) is 9.90 Å². The van der Waals surface area contributed by atoms with Crippen LogP contribution in [0.1, 0.15) is 39.0 Å². The summed E-state index contributed by atoms with van der Waals surface area (Å²) in [7, 11) is 0. The summed E-state index contributed by atoms with van der Waals surface area (Å²) in [5.74, 6) is -1.15. The second-order valence-electron chi connectivity index (χ2n) is 2.64. The van der Waals surface area contributed by atoms with Crippen LogP contribution in [0.25, 0.3) is 0 Å². The zero-order valence-corrected chi connectivity index (χ0v) is 7.56. The molecule has 0 N–H and O–H groups in total. The molecule has 0 fully saturated rings. The Morgan fingerprint density at radius 2 is 2.00 bits per heavy atom. The third kappa shape index (κ3) is 6.17. The van der Waals surface area contributed by atoms with E-state index in [-0.39, 0.29) is 0 Å². The number of alkyl halides is 1. The van der Waals surface area contributed by atoms with E-state index in [0.29, 0.717) is 6.42 Å². The summed E-state index contributed by atoms with van der Waals surface area (Å²) in [5, 5.41) is 9.32. The van der Waals surface area contributed by atoms with Gasteiger partial charge in [-0.2, -0.15) is 0 Å². The van der Waals surface area contributed by atoms with Gasteiger partial charge >= 0.3 is 5.97 Å². The molecule has 11 heavy (non-hydrogen) atoms. The average molecular weight is 178 g/mol. The average Bonchev–Trinajstić information content (AvgIpc) is 1.97. The van der Waals surface area contributed by atoms with Gasteiger partial charge in [0.05, 0.1) is 0 Å². The Balaban J connectivity index is 3.17. The summed E-state index contributed by atoms with van der Waals surface area (Å²) in [6, 6.07) is 0. The van der Waals surface area contributed by atoms with E-state index in [4.69, 9.17) is 11.6 Å². The van der Waals surface area contributed by atoms with Crippen molar-refractivity contribution in [1.82, 2.24) is 0 Å². The van der Waals surface area contributed by atoms with Crippen LogP contribution < -0.4 is 0 Å². The lowest BCUT2D eigenvalue weighted by atomic mass is 10.1. The Labute approximate surface area is 72.6 Å². The van der Waals surface area contributed by atoms with Crippen molar-refractivity contribution >= 4 is 17.6 Å². The lowest BCUT2D eigenvalue weighted by molar-refractivity contribution is -0.142. The van der Waals surface area contributed by atoms with Crippen LogP contribution in [0.4, 0.5) is 0 Å². The van der Waals surface area contributed by atoms with E-state index in [9.17, 15) is 9.90 Å². The molecule has 1 radical (unpaired) electrons. The Bertz CT molecular complexity index is 115. The van der Waals surface area contributed by atoms with E-state index in [1.807, 2.05) is 0 Å². The van der Waals surface area contributed by atoms with Crippen molar-refractivity contribution in [2.45, 2.75) is 44.4 Å². The quantitative estimate of drug-likeness (QED) is 0.454. The van der Waals surface area contributed by atoms with Crippen LogP contribution >= 0.6 is 11.6 Å². The van der Waals surface area contributed by atoms with Crippen LogP contribution in [0.2, 0.25) is 0 Å². The number of unbranched alkanes of at least 4 members (excludes halogenated alkanes) is 3. The maximum atomic E-state index is 10.1. The minimum Gasteiger partial charge on any atom is -0.246 e. The highest BCUT2D eigenvalue weighted by Crippen LogP contribution is 2.10. The van der Waals surface area contributed by atoms with Crippen LogP contribution in [0, 0.1) is 0 Å². The van der Waals surface area contributed by atoms with E-state index >= 15 is 0 Å². The molecule has 65 valence electrons. The fraction of sp³-hybridized carbons (Fsp3) is 0.875. The fourth-order valence-corrected chi connectivity index (χ4v) is 1.02. The molecule has 1 unspecified atom stereocenters. The monoisotopic (exact) mass is 177 g/mol. The summed E-state index contributed by atoms with van der Waals surface area (Å²) < 4.78 is 0. The molecular formula is C8H14ClO2. The Hall–Kier alpha value is -0.240. The highest BCUT2D eigenvalue weighted by molar-refractivity contribution is 6.29. The van der Waals surface area contributed by atoms with Crippen molar-refractivity contribution < 1.29 is 9.90 Å². The van der Waals surface area contributed by atoms with Crippen molar-refractivity contribution in [3.8, 4) is 0 Å². The molecule has 2 nitrogen and oxygen atoms in total. The van der Waals surface area contributed by atoms with Gasteiger partial charge in [0, 0.05) is 0 Å². The topological polar surface area (TPSA) is 37.0 Å². The molecule has 0 aliphatic carbocycles. The van der Waals surface area contributed by atoms with Gasteiger partial charge in [-0.15, -0.1) is 11.6 Å². The number of carbonyl (C=O) groups is 1. The normalized spacial score (nSPS) is 12.9. The predicted molar refractivity (Wildman–Crippen MR) is 44.1 cm³/mol. The van der Waals surface area contributed by atoms with Gasteiger partial charge in [0.1, 0.15) is 5.38 Å². The fourth-order valence-electron chi connectivity index (χ4n) is 0.868. The van der Waals surface area contributed by atoms with Crippen LogP contribution in [0.15, 0.2) is 0 Å². The van der Waals surface area contributed by atoms with Gasteiger partial charge in [-0.1, -0.05) is 32.6 Å². The van der Waals surface area contributed by atoms with Gasteiger partial charge in [0.2, 0.25) is 0 Å². The first-order chi connectivity index (χ1) is 5.18. The Morgan fingerprint density at radius 3 is 2.45 bits per heavy atom.